The Hall–Kier alpha value is -3.72. The lowest BCUT2D eigenvalue weighted by molar-refractivity contribution is 0.481. The molecule has 14 heteroatoms. The second-order valence-electron chi connectivity index (χ2n) is 6.67. The molecule has 0 aliphatic heterocycles. The molecule has 0 aliphatic rings. The minimum Gasteiger partial charge on any atom is -0.396 e. The zero-order chi connectivity index (χ0) is 24.4. The van der Waals surface area contributed by atoms with E-state index < -0.39 is 35.7 Å². The van der Waals surface area contributed by atoms with E-state index in [0.717, 1.165) is 17.7 Å². The Balaban J connectivity index is 2.19. The van der Waals surface area contributed by atoms with E-state index in [4.69, 9.17) is 11.5 Å². The Kier molecular flexibility index (Phi) is 6.55. The fourth-order valence-electron chi connectivity index (χ4n) is 2.71. The molecule has 0 saturated carbocycles. The molecule has 0 fully saturated rings. The van der Waals surface area contributed by atoms with E-state index >= 15 is 0 Å². The monoisotopic (exact) mass is 490 g/mol. The second-order valence-corrected chi connectivity index (χ2v) is 9.45. The lowest BCUT2D eigenvalue weighted by atomic mass is 10.2. The Morgan fingerprint density at radius 1 is 0.667 bits per heavy atom. The number of benzene rings is 3. The van der Waals surface area contributed by atoms with Gasteiger partial charge < -0.3 is 11.5 Å². The van der Waals surface area contributed by atoms with Gasteiger partial charge in [0, 0.05) is 0 Å². The molecule has 0 saturated heterocycles. The quantitative estimate of drug-likeness (QED) is 0.219. The zero-order valence-electron chi connectivity index (χ0n) is 17.0. The van der Waals surface area contributed by atoms with Gasteiger partial charge in [-0.25, -0.2) is 0 Å². The minimum atomic E-state index is -4.82. The van der Waals surface area contributed by atoms with Crippen LogP contribution in [0.4, 0.5) is 34.1 Å². The number of azo groups is 2. The van der Waals surface area contributed by atoms with Crippen molar-refractivity contribution in [1.29, 1.82) is 0 Å². The van der Waals surface area contributed by atoms with Gasteiger partial charge in [-0.2, -0.15) is 21.9 Å². The number of hydrogen-bond donors (Lipinski definition) is 4. The van der Waals surface area contributed by atoms with Crippen molar-refractivity contribution >= 4 is 54.4 Å². The highest BCUT2D eigenvalue weighted by Gasteiger charge is 2.23. The lowest BCUT2D eigenvalue weighted by Crippen LogP contribution is -2.05. The van der Waals surface area contributed by atoms with Crippen molar-refractivity contribution in [1.82, 2.24) is 0 Å². The molecule has 3 aromatic carbocycles. The molecule has 0 atom stereocenters. The van der Waals surface area contributed by atoms with Crippen molar-refractivity contribution in [3.05, 3.63) is 60.2 Å². The van der Waals surface area contributed by atoms with Crippen LogP contribution in [0, 0.1) is 6.92 Å². The smallest absolute Gasteiger partial charge is 0.296 e. The van der Waals surface area contributed by atoms with Crippen LogP contribution in [-0.2, 0) is 20.2 Å². The van der Waals surface area contributed by atoms with Crippen molar-refractivity contribution < 1.29 is 25.9 Å². The average molecular weight is 491 g/mol. The van der Waals surface area contributed by atoms with Gasteiger partial charge in [-0.05, 0) is 36.8 Å². The number of rotatable bonds is 6. The van der Waals surface area contributed by atoms with Gasteiger partial charge in [0.2, 0.25) is 0 Å². The molecular formula is C19H18N6O6S2. The topological polar surface area (TPSA) is 210 Å². The number of aryl methyl sites for hydroxylation is 1. The van der Waals surface area contributed by atoms with Crippen molar-refractivity contribution in [2.45, 2.75) is 16.7 Å². The summed E-state index contributed by atoms with van der Waals surface area (Å²) in [6.07, 6.45) is 0. The third kappa shape index (κ3) is 5.38. The number of anilines is 2. The number of nitrogens with zero attached hydrogens (tertiary/aromatic N) is 4. The van der Waals surface area contributed by atoms with Crippen LogP contribution in [0.25, 0.3) is 0 Å². The van der Waals surface area contributed by atoms with E-state index in [2.05, 4.69) is 20.5 Å². The molecular weight excluding hydrogens is 472 g/mol. The van der Waals surface area contributed by atoms with Gasteiger partial charge in [-0.15, -0.1) is 15.3 Å². The van der Waals surface area contributed by atoms with E-state index in [-0.39, 0.29) is 22.7 Å². The van der Waals surface area contributed by atoms with E-state index in [1.54, 1.807) is 31.2 Å². The van der Waals surface area contributed by atoms with E-state index in [0.29, 0.717) is 5.69 Å². The Morgan fingerprint density at radius 3 is 1.79 bits per heavy atom. The van der Waals surface area contributed by atoms with Crippen molar-refractivity contribution in [3.8, 4) is 0 Å². The maximum Gasteiger partial charge on any atom is 0.296 e. The fraction of sp³-hybridized carbons (Fsp3) is 0.0526. The Labute approximate surface area is 189 Å². The summed E-state index contributed by atoms with van der Waals surface area (Å²) in [6, 6.07) is 13.0. The third-order valence-electron chi connectivity index (χ3n) is 4.38. The third-order valence-corrected chi connectivity index (χ3v) is 6.17. The normalized spacial score (nSPS) is 12.6. The van der Waals surface area contributed by atoms with Gasteiger partial charge in [0.1, 0.15) is 26.9 Å². The first-order chi connectivity index (χ1) is 15.4. The van der Waals surface area contributed by atoms with Gasteiger partial charge in [-0.1, -0.05) is 30.3 Å². The highest BCUT2D eigenvalue weighted by atomic mass is 32.2. The molecule has 0 heterocycles. The van der Waals surface area contributed by atoms with E-state index in [1.807, 2.05) is 0 Å². The molecule has 172 valence electrons. The minimum absolute atomic E-state index is 0.231. The molecule has 12 nitrogen and oxygen atoms in total. The molecule has 0 aliphatic carbocycles. The van der Waals surface area contributed by atoms with Crippen LogP contribution < -0.4 is 11.5 Å². The molecule has 0 unspecified atom stereocenters. The van der Waals surface area contributed by atoms with Gasteiger partial charge in [0.25, 0.3) is 20.2 Å². The molecule has 6 N–H and O–H groups in total. The van der Waals surface area contributed by atoms with Crippen molar-refractivity contribution in [2.24, 2.45) is 20.5 Å². The summed E-state index contributed by atoms with van der Waals surface area (Å²) in [5, 5.41) is 15.5. The summed E-state index contributed by atoms with van der Waals surface area (Å²) in [6.45, 7) is 1.78. The van der Waals surface area contributed by atoms with Gasteiger partial charge in [0.05, 0.1) is 17.1 Å². The summed E-state index contributed by atoms with van der Waals surface area (Å²) < 4.78 is 65.7. The standard InChI is InChI=1S/C19H18N6O6S2/c1-11-6-2-3-7-12(11)22-25-19-17(20)14(10-16(18(19)21)33(29,30)31)24-23-13-8-4-5-9-15(13)32(26,27)28/h2-10H,20-21H2,1H3,(H,26,27,28)(H,29,30,31)/b24-23+,25-22+. The second kappa shape index (κ2) is 9.03. The van der Waals surface area contributed by atoms with E-state index in [9.17, 15) is 25.9 Å². The Bertz CT molecular complexity index is 1500. The molecule has 0 aromatic heterocycles. The highest BCUT2D eigenvalue weighted by Crippen LogP contribution is 2.43. The molecule has 0 spiro atoms. The lowest BCUT2D eigenvalue weighted by Gasteiger charge is -2.10. The molecule has 0 bridgehead atoms. The Morgan fingerprint density at radius 2 is 1.18 bits per heavy atom. The summed E-state index contributed by atoms with van der Waals surface area (Å²) in [4.78, 5) is -1.27. The summed E-state index contributed by atoms with van der Waals surface area (Å²) in [7, 11) is -9.43. The first-order valence-corrected chi connectivity index (χ1v) is 11.9. The van der Waals surface area contributed by atoms with Gasteiger partial charge in [0.15, 0.2) is 0 Å². The average Bonchev–Trinajstić information content (AvgIpc) is 2.73. The summed E-state index contributed by atoms with van der Waals surface area (Å²) in [5.41, 5.74) is 11.6. The molecule has 0 radical (unpaired) electrons. The van der Waals surface area contributed by atoms with Crippen LogP contribution in [0.15, 0.2) is 84.8 Å². The highest BCUT2D eigenvalue weighted by molar-refractivity contribution is 7.86. The molecule has 3 rings (SSSR count). The maximum absolute atomic E-state index is 11.8. The maximum atomic E-state index is 11.8. The van der Waals surface area contributed by atoms with Crippen LogP contribution in [0.3, 0.4) is 0 Å². The van der Waals surface area contributed by atoms with Crippen LogP contribution in [0.5, 0.6) is 0 Å². The zero-order valence-corrected chi connectivity index (χ0v) is 18.6. The first-order valence-electron chi connectivity index (χ1n) is 9.04. The predicted molar refractivity (Wildman–Crippen MR) is 121 cm³/mol. The van der Waals surface area contributed by atoms with E-state index in [1.165, 1.54) is 18.2 Å². The van der Waals surface area contributed by atoms with Gasteiger partial charge in [-0.3, -0.25) is 9.11 Å². The van der Waals surface area contributed by atoms with Gasteiger partial charge >= 0.3 is 0 Å². The molecule has 3 aromatic rings. The first kappa shape index (κ1) is 23.9. The summed E-state index contributed by atoms with van der Waals surface area (Å²) in [5.74, 6) is 0. The van der Waals surface area contributed by atoms with Crippen LogP contribution in [-0.4, -0.2) is 25.9 Å². The van der Waals surface area contributed by atoms with Crippen molar-refractivity contribution in [3.63, 3.8) is 0 Å². The largest absolute Gasteiger partial charge is 0.396 e. The predicted octanol–water partition coefficient (Wildman–Crippen LogP) is 4.48. The van der Waals surface area contributed by atoms with Crippen LogP contribution >= 0.6 is 0 Å². The molecule has 0 amide bonds. The van der Waals surface area contributed by atoms with Crippen LogP contribution in [0.2, 0.25) is 0 Å². The number of hydrogen-bond acceptors (Lipinski definition) is 10. The number of nitrogen functional groups attached to an aromatic ring is 2. The molecule has 33 heavy (non-hydrogen) atoms. The summed E-state index contributed by atoms with van der Waals surface area (Å²) >= 11 is 0. The fourth-order valence-corrected chi connectivity index (χ4v) is 3.97. The van der Waals surface area contributed by atoms with Crippen LogP contribution in [0.1, 0.15) is 5.56 Å². The SMILES string of the molecule is Cc1ccccc1/N=N/c1c(N)c(/N=N/c2ccccc2S(=O)(=O)O)cc(S(=O)(=O)O)c1N. The number of nitrogens with two attached hydrogens (primary N) is 2. The van der Waals surface area contributed by atoms with Crippen molar-refractivity contribution in [2.75, 3.05) is 11.5 Å².